The number of benzene rings is 2. The normalized spacial score (nSPS) is 13.4. The van der Waals surface area contributed by atoms with Crippen molar-refractivity contribution in [3.8, 4) is 0 Å². The van der Waals surface area contributed by atoms with Crippen molar-refractivity contribution < 1.29 is 14.4 Å². The lowest BCUT2D eigenvalue weighted by atomic mass is 9.92. The molecule has 0 saturated carbocycles. The fraction of sp³-hybridized carbons (Fsp3) is 0.0556. The van der Waals surface area contributed by atoms with Crippen molar-refractivity contribution in [1.29, 1.82) is 0 Å². The Kier molecular flexibility index (Phi) is 3.43. The second kappa shape index (κ2) is 5.41. The predicted molar refractivity (Wildman–Crippen MR) is 83.8 cm³/mol. The van der Waals surface area contributed by atoms with Crippen LogP contribution in [0, 0.1) is 0 Å². The fourth-order valence-electron chi connectivity index (χ4n) is 2.37. The summed E-state index contributed by atoms with van der Waals surface area (Å²) in [5, 5.41) is 3.13. The number of allylic oxidation sites excluding steroid dienone is 1. The van der Waals surface area contributed by atoms with Gasteiger partial charge in [0.1, 0.15) is 0 Å². The Morgan fingerprint density at radius 1 is 0.909 bits per heavy atom. The Labute approximate surface area is 127 Å². The average molecular weight is 291 g/mol. The van der Waals surface area contributed by atoms with Gasteiger partial charge in [-0.3, -0.25) is 14.4 Å². The second-order valence-electron chi connectivity index (χ2n) is 5.06. The molecule has 1 aliphatic carbocycles. The van der Waals surface area contributed by atoms with E-state index in [1.165, 1.54) is 13.0 Å². The van der Waals surface area contributed by atoms with E-state index in [1.807, 2.05) is 6.07 Å². The van der Waals surface area contributed by atoms with E-state index in [-0.39, 0.29) is 5.78 Å². The van der Waals surface area contributed by atoms with Crippen molar-refractivity contribution in [2.75, 3.05) is 5.32 Å². The van der Waals surface area contributed by atoms with Gasteiger partial charge < -0.3 is 5.32 Å². The summed E-state index contributed by atoms with van der Waals surface area (Å²) in [5.74, 6) is -1.04. The number of fused-ring (bicyclic) bond motifs is 1. The monoisotopic (exact) mass is 291 g/mol. The van der Waals surface area contributed by atoms with Gasteiger partial charge in [0.2, 0.25) is 11.6 Å². The van der Waals surface area contributed by atoms with Crippen molar-refractivity contribution in [1.82, 2.24) is 0 Å². The first kappa shape index (κ1) is 13.9. The molecule has 2 aromatic rings. The molecule has 4 heteroatoms. The molecule has 0 aliphatic heterocycles. The van der Waals surface area contributed by atoms with E-state index in [4.69, 9.17) is 0 Å². The Bertz CT molecular complexity index is 816. The molecule has 108 valence electrons. The number of hydrogen-bond acceptors (Lipinski definition) is 4. The maximum absolute atomic E-state index is 11.9. The van der Waals surface area contributed by atoms with Gasteiger partial charge in [-0.2, -0.15) is 0 Å². The molecule has 2 aromatic carbocycles. The van der Waals surface area contributed by atoms with Crippen LogP contribution >= 0.6 is 0 Å². The maximum Gasteiger partial charge on any atom is 0.233 e. The molecule has 4 nitrogen and oxygen atoms in total. The minimum Gasteiger partial charge on any atom is -0.355 e. The molecule has 22 heavy (non-hydrogen) atoms. The number of anilines is 1. The highest BCUT2D eigenvalue weighted by molar-refractivity contribution is 6.50. The van der Waals surface area contributed by atoms with Crippen LogP contribution in [-0.4, -0.2) is 17.3 Å². The number of nitrogens with one attached hydrogen (secondary N) is 1. The first-order chi connectivity index (χ1) is 10.6. The van der Waals surface area contributed by atoms with Gasteiger partial charge in [0.25, 0.3) is 0 Å². The molecular weight excluding hydrogens is 278 g/mol. The predicted octanol–water partition coefficient (Wildman–Crippen LogP) is 3.11. The largest absolute Gasteiger partial charge is 0.355 e. The molecule has 3 rings (SSSR count). The van der Waals surface area contributed by atoms with E-state index in [0.717, 1.165) is 5.69 Å². The zero-order chi connectivity index (χ0) is 15.7. The minimum atomic E-state index is -0.540. The number of ketones is 3. The smallest absolute Gasteiger partial charge is 0.233 e. The van der Waals surface area contributed by atoms with Crippen molar-refractivity contribution >= 4 is 28.7 Å². The van der Waals surface area contributed by atoms with Gasteiger partial charge in [-0.25, -0.2) is 0 Å². The van der Waals surface area contributed by atoms with Gasteiger partial charge in [0.15, 0.2) is 5.78 Å². The number of hydrogen-bond donors (Lipinski definition) is 1. The van der Waals surface area contributed by atoms with E-state index in [1.54, 1.807) is 42.5 Å². The van der Waals surface area contributed by atoms with Gasteiger partial charge in [-0.15, -0.1) is 0 Å². The molecule has 0 atom stereocenters. The van der Waals surface area contributed by atoms with Crippen LogP contribution in [0.4, 0.5) is 5.69 Å². The molecule has 0 aromatic heterocycles. The highest BCUT2D eigenvalue weighted by atomic mass is 16.2. The third-order valence-corrected chi connectivity index (χ3v) is 3.53. The molecular formula is C18H13NO3. The summed E-state index contributed by atoms with van der Waals surface area (Å²) in [6.45, 7) is 1.51. The SMILES string of the molecule is CC(=O)c1ccc(NC2=CC(=O)C(=O)c3ccccc32)cc1. The van der Waals surface area contributed by atoms with Crippen molar-refractivity contribution in [2.24, 2.45) is 0 Å². The Morgan fingerprint density at radius 3 is 2.18 bits per heavy atom. The lowest BCUT2D eigenvalue weighted by Gasteiger charge is -2.17. The summed E-state index contributed by atoms with van der Waals surface area (Å²) in [5.41, 5.74) is 3.04. The van der Waals surface area contributed by atoms with E-state index in [9.17, 15) is 14.4 Å². The van der Waals surface area contributed by atoms with E-state index in [0.29, 0.717) is 22.4 Å². The first-order valence-corrected chi connectivity index (χ1v) is 6.84. The zero-order valence-electron chi connectivity index (χ0n) is 11.9. The van der Waals surface area contributed by atoms with Crippen LogP contribution in [-0.2, 0) is 4.79 Å². The summed E-state index contributed by atoms with van der Waals surface area (Å²) < 4.78 is 0. The van der Waals surface area contributed by atoms with Crippen LogP contribution in [0.25, 0.3) is 5.70 Å². The topological polar surface area (TPSA) is 63.2 Å². The number of carbonyl (C=O) groups is 3. The summed E-state index contributed by atoms with van der Waals surface area (Å²) in [6.07, 6.45) is 1.31. The Hall–Kier alpha value is -3.01. The van der Waals surface area contributed by atoms with Crippen LogP contribution < -0.4 is 5.32 Å². The number of rotatable bonds is 3. The molecule has 1 N–H and O–H groups in total. The van der Waals surface area contributed by atoms with Crippen LogP contribution in [0.5, 0.6) is 0 Å². The van der Waals surface area contributed by atoms with E-state index in [2.05, 4.69) is 5.32 Å². The molecule has 0 fully saturated rings. The Morgan fingerprint density at radius 2 is 1.55 bits per heavy atom. The lowest BCUT2D eigenvalue weighted by Crippen LogP contribution is -2.20. The summed E-state index contributed by atoms with van der Waals surface area (Å²) >= 11 is 0. The van der Waals surface area contributed by atoms with Gasteiger partial charge in [-0.05, 0) is 31.2 Å². The van der Waals surface area contributed by atoms with Crippen molar-refractivity contribution in [3.63, 3.8) is 0 Å². The Balaban J connectivity index is 1.95. The molecule has 1 aliphatic rings. The fourth-order valence-corrected chi connectivity index (χ4v) is 2.37. The summed E-state index contributed by atoms with van der Waals surface area (Å²) in [6, 6.07) is 13.9. The summed E-state index contributed by atoms with van der Waals surface area (Å²) in [7, 11) is 0. The van der Waals surface area contributed by atoms with Crippen LogP contribution in [0.2, 0.25) is 0 Å². The van der Waals surface area contributed by atoms with E-state index >= 15 is 0 Å². The van der Waals surface area contributed by atoms with Gasteiger partial charge in [0, 0.05) is 28.5 Å². The van der Waals surface area contributed by atoms with Gasteiger partial charge in [0.05, 0.1) is 5.70 Å². The quantitative estimate of drug-likeness (QED) is 0.697. The highest BCUT2D eigenvalue weighted by Gasteiger charge is 2.25. The molecule has 0 spiro atoms. The van der Waals surface area contributed by atoms with Crippen LogP contribution in [0.1, 0.15) is 33.2 Å². The molecule has 0 radical (unpaired) electrons. The standard InChI is InChI=1S/C18H13NO3/c1-11(20)12-6-8-13(9-7-12)19-16-10-17(21)18(22)15-5-3-2-4-14(15)16/h2-10,19H,1H3. The molecule has 0 saturated heterocycles. The van der Waals surface area contributed by atoms with Gasteiger partial charge in [-0.1, -0.05) is 24.3 Å². The third-order valence-electron chi connectivity index (χ3n) is 3.53. The molecule has 0 bridgehead atoms. The van der Waals surface area contributed by atoms with Crippen molar-refractivity contribution in [3.05, 3.63) is 71.3 Å². The van der Waals surface area contributed by atoms with E-state index < -0.39 is 11.6 Å². The average Bonchev–Trinajstić information content (AvgIpc) is 2.53. The first-order valence-electron chi connectivity index (χ1n) is 6.84. The molecule has 0 unspecified atom stereocenters. The highest BCUT2D eigenvalue weighted by Crippen LogP contribution is 2.26. The minimum absolute atomic E-state index is 0.00504. The van der Waals surface area contributed by atoms with Gasteiger partial charge >= 0.3 is 0 Å². The molecule has 0 amide bonds. The maximum atomic E-state index is 11.9. The number of carbonyl (C=O) groups excluding carboxylic acids is 3. The summed E-state index contributed by atoms with van der Waals surface area (Å²) in [4.78, 5) is 34.9. The third kappa shape index (κ3) is 2.46. The second-order valence-corrected chi connectivity index (χ2v) is 5.06. The van der Waals surface area contributed by atoms with Crippen LogP contribution in [0.15, 0.2) is 54.6 Å². The lowest BCUT2D eigenvalue weighted by molar-refractivity contribution is -0.111. The zero-order valence-corrected chi connectivity index (χ0v) is 11.9. The van der Waals surface area contributed by atoms with Crippen molar-refractivity contribution in [2.45, 2.75) is 6.92 Å². The molecule has 0 heterocycles. The van der Waals surface area contributed by atoms with Crippen LogP contribution in [0.3, 0.4) is 0 Å². The number of Topliss-reactive ketones (excluding diaryl/α,β-unsaturated/α-hetero) is 2.